The van der Waals surface area contributed by atoms with Crippen LogP contribution in [0.1, 0.15) is 37.8 Å². The number of carbonyl (C=O) groups is 1. The molecule has 1 atom stereocenters. The van der Waals surface area contributed by atoms with Crippen molar-refractivity contribution in [3.63, 3.8) is 0 Å². The fourth-order valence-corrected chi connectivity index (χ4v) is 2.49. The molecule has 4 nitrogen and oxygen atoms in total. The highest BCUT2D eigenvalue weighted by atomic mass is 19.1. The quantitative estimate of drug-likeness (QED) is 0.739. The van der Waals surface area contributed by atoms with Gasteiger partial charge in [-0.3, -0.25) is 0 Å². The Labute approximate surface area is 148 Å². The highest BCUT2D eigenvalue weighted by Gasteiger charge is 2.12. The van der Waals surface area contributed by atoms with Gasteiger partial charge in [-0.05, 0) is 48.6 Å². The van der Waals surface area contributed by atoms with Crippen molar-refractivity contribution in [1.29, 1.82) is 0 Å². The minimum Gasteiger partial charge on any atom is -0.471 e. The Morgan fingerprint density at radius 1 is 1.08 bits per heavy atom. The summed E-state index contributed by atoms with van der Waals surface area (Å²) in [6, 6.07) is 13.8. The van der Waals surface area contributed by atoms with Gasteiger partial charge >= 0.3 is 6.03 Å². The normalized spacial score (nSPS) is 11.9. The lowest BCUT2D eigenvalue weighted by atomic mass is 10.0. The monoisotopic (exact) mass is 344 g/mol. The molecule has 0 saturated heterocycles. The van der Waals surface area contributed by atoms with Crippen molar-refractivity contribution >= 4 is 6.03 Å². The van der Waals surface area contributed by atoms with Gasteiger partial charge < -0.3 is 15.4 Å². The molecule has 0 aliphatic rings. The highest BCUT2D eigenvalue weighted by molar-refractivity contribution is 5.74. The molecule has 0 fully saturated rings. The maximum Gasteiger partial charge on any atom is 0.317 e. The molecule has 0 aliphatic carbocycles. The van der Waals surface area contributed by atoms with Crippen LogP contribution in [0.2, 0.25) is 0 Å². The summed E-state index contributed by atoms with van der Waals surface area (Å²) in [4.78, 5) is 11.9. The number of hydrogen-bond acceptors (Lipinski definition) is 2. The number of hydrogen-bond donors (Lipinski definition) is 2. The van der Waals surface area contributed by atoms with Gasteiger partial charge in [0, 0.05) is 6.54 Å². The van der Waals surface area contributed by atoms with Gasteiger partial charge in [-0.1, -0.05) is 44.2 Å². The van der Waals surface area contributed by atoms with Crippen LogP contribution in [0.4, 0.5) is 9.18 Å². The Bertz CT molecular complexity index is 686. The molecule has 134 valence electrons. The maximum atomic E-state index is 12.8. The summed E-state index contributed by atoms with van der Waals surface area (Å²) in [5, 5.41) is 5.53. The second-order valence-corrected chi connectivity index (χ2v) is 6.23. The Hall–Kier alpha value is -2.56. The molecule has 1 unspecified atom stereocenters. The third-order valence-electron chi connectivity index (χ3n) is 3.79. The van der Waals surface area contributed by atoms with Crippen molar-refractivity contribution in [3.8, 4) is 5.75 Å². The average Bonchev–Trinajstić information content (AvgIpc) is 2.57. The lowest BCUT2D eigenvalue weighted by Gasteiger charge is -2.20. The van der Waals surface area contributed by atoms with Crippen molar-refractivity contribution in [2.45, 2.75) is 39.3 Å². The number of benzene rings is 2. The van der Waals surface area contributed by atoms with Gasteiger partial charge in [-0.25, -0.2) is 9.18 Å². The minimum atomic E-state index is -0.453. The smallest absolute Gasteiger partial charge is 0.317 e. The summed E-state index contributed by atoms with van der Waals surface area (Å²) in [6.07, 6.45) is 0.185. The first kappa shape index (κ1) is 18.8. The van der Waals surface area contributed by atoms with Gasteiger partial charge in [-0.15, -0.1) is 0 Å². The Morgan fingerprint density at radius 2 is 1.76 bits per heavy atom. The van der Waals surface area contributed by atoms with Crippen LogP contribution in [0.3, 0.4) is 0 Å². The van der Waals surface area contributed by atoms with Gasteiger partial charge in [0.15, 0.2) is 6.23 Å². The van der Waals surface area contributed by atoms with E-state index in [0.717, 1.165) is 16.9 Å². The summed E-state index contributed by atoms with van der Waals surface area (Å²) < 4.78 is 18.7. The molecule has 0 spiro atoms. The average molecular weight is 344 g/mol. The Balaban J connectivity index is 1.77. The minimum absolute atomic E-state index is 0.262. The van der Waals surface area contributed by atoms with E-state index in [-0.39, 0.29) is 11.8 Å². The Morgan fingerprint density at radius 3 is 2.44 bits per heavy atom. The first-order chi connectivity index (χ1) is 12.0. The number of rotatable bonds is 7. The zero-order chi connectivity index (χ0) is 18.2. The van der Waals surface area contributed by atoms with E-state index in [1.54, 1.807) is 19.1 Å². The van der Waals surface area contributed by atoms with Crippen LogP contribution in [0.25, 0.3) is 0 Å². The van der Waals surface area contributed by atoms with E-state index in [9.17, 15) is 9.18 Å². The molecule has 0 heterocycles. The Kier molecular flexibility index (Phi) is 6.81. The van der Waals surface area contributed by atoms with E-state index in [1.165, 1.54) is 12.1 Å². The molecule has 0 bridgehead atoms. The van der Waals surface area contributed by atoms with E-state index in [2.05, 4.69) is 24.5 Å². The molecule has 2 rings (SSSR count). The topological polar surface area (TPSA) is 50.4 Å². The molecule has 2 amide bonds. The second kappa shape index (κ2) is 9.06. The third kappa shape index (κ3) is 6.10. The molecular formula is C20H25FN2O2. The second-order valence-electron chi connectivity index (χ2n) is 6.23. The molecule has 2 N–H and O–H groups in total. The fraction of sp³-hybridized carbons (Fsp3) is 0.350. The number of urea groups is 1. The first-order valence-electron chi connectivity index (χ1n) is 8.50. The lowest BCUT2D eigenvalue weighted by molar-refractivity contribution is 0.175. The van der Waals surface area contributed by atoms with E-state index < -0.39 is 6.23 Å². The van der Waals surface area contributed by atoms with Gasteiger partial charge in [0.25, 0.3) is 0 Å². The SMILES string of the molecule is CC(NC(=O)NCCc1ccc(F)cc1)Oc1ccccc1C(C)C. The van der Waals surface area contributed by atoms with Crippen LogP contribution in [0, 0.1) is 5.82 Å². The summed E-state index contributed by atoms with van der Waals surface area (Å²) in [7, 11) is 0. The summed E-state index contributed by atoms with van der Waals surface area (Å²) in [5.74, 6) is 0.853. The summed E-state index contributed by atoms with van der Waals surface area (Å²) >= 11 is 0. The van der Waals surface area contributed by atoms with E-state index in [4.69, 9.17) is 4.74 Å². The molecule has 0 radical (unpaired) electrons. The van der Waals surface area contributed by atoms with E-state index >= 15 is 0 Å². The molecule has 25 heavy (non-hydrogen) atoms. The van der Waals surface area contributed by atoms with Crippen LogP contribution < -0.4 is 15.4 Å². The number of ether oxygens (including phenoxy) is 1. The molecule has 5 heteroatoms. The first-order valence-corrected chi connectivity index (χ1v) is 8.50. The van der Waals surface area contributed by atoms with Gasteiger partial charge in [0.1, 0.15) is 11.6 Å². The number of amides is 2. The van der Waals surface area contributed by atoms with Crippen LogP contribution in [0.15, 0.2) is 48.5 Å². The van der Waals surface area contributed by atoms with Crippen molar-refractivity contribution < 1.29 is 13.9 Å². The molecular weight excluding hydrogens is 319 g/mol. The molecule has 0 aliphatic heterocycles. The van der Waals surface area contributed by atoms with Gasteiger partial charge in [0.2, 0.25) is 0 Å². The number of halogens is 1. The predicted molar refractivity (Wildman–Crippen MR) is 97.3 cm³/mol. The largest absolute Gasteiger partial charge is 0.471 e. The molecule has 2 aromatic carbocycles. The molecule has 0 aromatic heterocycles. The standard InChI is InChI=1S/C20H25FN2O2/c1-14(2)18-6-4-5-7-19(18)25-15(3)23-20(24)22-13-12-16-8-10-17(21)11-9-16/h4-11,14-15H,12-13H2,1-3H3,(H2,22,23,24). The van der Waals surface area contributed by atoms with Crippen molar-refractivity contribution in [3.05, 3.63) is 65.5 Å². The van der Waals surface area contributed by atoms with E-state index in [0.29, 0.717) is 18.9 Å². The number of para-hydroxylation sites is 1. The lowest BCUT2D eigenvalue weighted by Crippen LogP contribution is -2.44. The van der Waals surface area contributed by atoms with Crippen LogP contribution in [-0.4, -0.2) is 18.8 Å². The predicted octanol–water partition coefficient (Wildman–Crippen LogP) is 4.22. The number of carbonyl (C=O) groups excluding carboxylic acids is 1. The molecule has 0 saturated carbocycles. The zero-order valence-corrected chi connectivity index (χ0v) is 14.9. The van der Waals surface area contributed by atoms with Crippen molar-refractivity contribution in [2.75, 3.05) is 6.54 Å². The van der Waals surface area contributed by atoms with Crippen LogP contribution in [0.5, 0.6) is 5.75 Å². The maximum absolute atomic E-state index is 12.8. The van der Waals surface area contributed by atoms with Crippen LogP contribution in [-0.2, 0) is 6.42 Å². The fourth-order valence-electron chi connectivity index (χ4n) is 2.49. The highest BCUT2D eigenvalue weighted by Crippen LogP contribution is 2.26. The van der Waals surface area contributed by atoms with Gasteiger partial charge in [-0.2, -0.15) is 0 Å². The van der Waals surface area contributed by atoms with Gasteiger partial charge in [0.05, 0.1) is 0 Å². The van der Waals surface area contributed by atoms with Crippen molar-refractivity contribution in [2.24, 2.45) is 0 Å². The van der Waals surface area contributed by atoms with Crippen LogP contribution >= 0.6 is 0 Å². The zero-order valence-electron chi connectivity index (χ0n) is 14.9. The molecule has 2 aromatic rings. The van der Waals surface area contributed by atoms with E-state index in [1.807, 2.05) is 24.3 Å². The van der Waals surface area contributed by atoms with Crippen molar-refractivity contribution in [1.82, 2.24) is 10.6 Å². The summed E-state index contributed by atoms with van der Waals surface area (Å²) in [5.41, 5.74) is 2.07. The third-order valence-corrected chi connectivity index (χ3v) is 3.79. The number of nitrogens with one attached hydrogen (secondary N) is 2. The summed E-state index contributed by atoms with van der Waals surface area (Å²) in [6.45, 7) is 6.45.